The third-order valence-electron chi connectivity index (χ3n) is 6.20. The molecule has 0 radical (unpaired) electrons. The Balaban J connectivity index is 2.45. The van der Waals surface area contributed by atoms with Crippen molar-refractivity contribution in [2.45, 2.75) is 91.5 Å². The number of hydrogen-bond acceptors (Lipinski definition) is 5. The van der Waals surface area contributed by atoms with Crippen molar-refractivity contribution in [3.8, 4) is 5.75 Å². The molecule has 0 fully saturated rings. The van der Waals surface area contributed by atoms with Gasteiger partial charge >= 0.3 is 6.09 Å². The number of phenols is 1. The lowest BCUT2D eigenvalue weighted by Gasteiger charge is -2.35. The highest BCUT2D eigenvalue weighted by atomic mass is 16.6. The number of aromatic hydroxyl groups is 1. The predicted octanol–water partition coefficient (Wildman–Crippen LogP) is 5.71. The van der Waals surface area contributed by atoms with E-state index in [1.54, 1.807) is 32.9 Å². The van der Waals surface area contributed by atoms with Crippen LogP contribution in [-0.2, 0) is 20.9 Å². The highest BCUT2D eigenvalue weighted by Gasteiger charge is 2.37. The fourth-order valence-electron chi connectivity index (χ4n) is 4.25. The third kappa shape index (κ3) is 10.6. The van der Waals surface area contributed by atoms with E-state index >= 15 is 0 Å². The summed E-state index contributed by atoms with van der Waals surface area (Å²) in [7, 11) is 0. The molecule has 2 rings (SSSR count). The van der Waals surface area contributed by atoms with Crippen LogP contribution in [0.1, 0.15) is 84.4 Å². The van der Waals surface area contributed by atoms with Crippen molar-refractivity contribution >= 4 is 17.9 Å². The number of ether oxygens (including phenoxy) is 1. The molecule has 0 aliphatic heterocycles. The number of nitrogens with zero attached hydrogens (tertiary/aromatic N) is 1. The fraction of sp³-hybridized carbons (Fsp3) is 0.516. The summed E-state index contributed by atoms with van der Waals surface area (Å²) in [6.07, 6.45) is 2.92. The van der Waals surface area contributed by atoms with Gasteiger partial charge in [-0.05, 0) is 56.4 Å². The molecular weight excluding hydrogens is 494 g/mol. The summed E-state index contributed by atoms with van der Waals surface area (Å²) >= 11 is 0. The first-order valence-electron chi connectivity index (χ1n) is 13.8. The van der Waals surface area contributed by atoms with Crippen LogP contribution in [0.25, 0.3) is 0 Å². The molecule has 0 saturated heterocycles. The number of nitrogens with one attached hydrogen (secondary N) is 2. The number of hydrogen-bond donors (Lipinski definition) is 3. The smallest absolute Gasteiger partial charge is 0.408 e. The Kier molecular flexibility index (Phi) is 12.3. The van der Waals surface area contributed by atoms with Gasteiger partial charge in [0.05, 0.1) is 0 Å². The average Bonchev–Trinajstić information content (AvgIpc) is 2.86. The van der Waals surface area contributed by atoms with Gasteiger partial charge in [-0.2, -0.15) is 0 Å². The molecule has 8 nitrogen and oxygen atoms in total. The number of amides is 3. The first-order valence-corrected chi connectivity index (χ1v) is 13.8. The van der Waals surface area contributed by atoms with E-state index in [4.69, 9.17) is 4.74 Å². The highest BCUT2D eigenvalue weighted by molar-refractivity contribution is 5.92. The zero-order chi connectivity index (χ0) is 29.0. The molecule has 0 spiro atoms. The van der Waals surface area contributed by atoms with Gasteiger partial charge in [0, 0.05) is 13.1 Å². The van der Waals surface area contributed by atoms with Gasteiger partial charge in [0.2, 0.25) is 11.8 Å². The van der Waals surface area contributed by atoms with E-state index in [2.05, 4.69) is 17.6 Å². The maximum absolute atomic E-state index is 14.1. The molecule has 0 bridgehead atoms. The first-order chi connectivity index (χ1) is 18.4. The standard InChI is InChI=1S/C31H45N3O5/c1-7-8-9-13-19-34(29(37)26(22(2)3)33-30(38)39-31(4,5)6)27(24-17-14-18-25(35)20-24)28(36)32-21-23-15-11-10-12-16-23/h10-12,14-18,20,22,26-27,35H,7-9,13,19,21H2,1-6H3,(H,32,36)(H,33,38). The maximum Gasteiger partial charge on any atom is 0.408 e. The second-order valence-corrected chi connectivity index (χ2v) is 11.2. The Bertz CT molecular complexity index is 1070. The van der Waals surface area contributed by atoms with E-state index in [0.29, 0.717) is 18.5 Å². The van der Waals surface area contributed by atoms with Crippen molar-refractivity contribution in [2.24, 2.45) is 5.92 Å². The minimum Gasteiger partial charge on any atom is -0.508 e. The largest absolute Gasteiger partial charge is 0.508 e. The van der Waals surface area contributed by atoms with E-state index < -0.39 is 23.8 Å². The Morgan fingerprint density at radius 3 is 2.26 bits per heavy atom. The van der Waals surface area contributed by atoms with Crippen LogP contribution < -0.4 is 10.6 Å². The number of phenolic OH excluding ortho intramolecular Hbond substituents is 1. The Hall–Kier alpha value is -3.55. The lowest BCUT2D eigenvalue weighted by Crippen LogP contribution is -2.55. The van der Waals surface area contributed by atoms with Gasteiger partial charge in [-0.25, -0.2) is 4.79 Å². The molecule has 214 valence electrons. The number of carbonyl (C=O) groups is 3. The molecule has 2 aromatic carbocycles. The maximum atomic E-state index is 14.1. The molecule has 2 unspecified atom stereocenters. The van der Waals surface area contributed by atoms with Crippen LogP contribution in [0, 0.1) is 5.92 Å². The van der Waals surface area contributed by atoms with E-state index in [0.717, 1.165) is 24.8 Å². The second kappa shape index (κ2) is 15.1. The zero-order valence-electron chi connectivity index (χ0n) is 24.2. The highest BCUT2D eigenvalue weighted by Crippen LogP contribution is 2.27. The molecule has 3 N–H and O–H groups in total. The second-order valence-electron chi connectivity index (χ2n) is 11.2. The van der Waals surface area contributed by atoms with Crippen molar-refractivity contribution in [3.63, 3.8) is 0 Å². The van der Waals surface area contributed by atoms with Crippen molar-refractivity contribution < 1.29 is 24.2 Å². The number of benzene rings is 2. The van der Waals surface area contributed by atoms with Crippen LogP contribution in [0.3, 0.4) is 0 Å². The van der Waals surface area contributed by atoms with Gasteiger partial charge in [-0.1, -0.05) is 82.5 Å². The topological polar surface area (TPSA) is 108 Å². The molecule has 2 atom stereocenters. The SMILES string of the molecule is CCCCCCN(C(=O)C(NC(=O)OC(C)(C)C)C(C)C)C(C(=O)NCc1ccccc1)c1cccc(O)c1. The van der Waals surface area contributed by atoms with Crippen LogP contribution in [-0.4, -0.2) is 46.1 Å². The summed E-state index contributed by atoms with van der Waals surface area (Å²) in [5, 5.41) is 15.9. The lowest BCUT2D eigenvalue weighted by atomic mass is 9.98. The molecule has 39 heavy (non-hydrogen) atoms. The number of unbranched alkanes of at least 4 members (excludes halogenated alkanes) is 3. The summed E-state index contributed by atoms with van der Waals surface area (Å²) in [5.74, 6) is -1.01. The molecule has 0 aliphatic carbocycles. The van der Waals surface area contributed by atoms with Gasteiger partial charge in [0.25, 0.3) is 0 Å². The molecule has 3 amide bonds. The van der Waals surface area contributed by atoms with E-state index in [9.17, 15) is 19.5 Å². The summed E-state index contributed by atoms with van der Waals surface area (Å²) in [5.41, 5.74) is 0.688. The summed E-state index contributed by atoms with van der Waals surface area (Å²) in [4.78, 5) is 42.1. The number of alkyl carbamates (subject to hydrolysis) is 1. The summed E-state index contributed by atoms with van der Waals surface area (Å²) in [6, 6.07) is 14.0. The number of rotatable bonds is 13. The molecule has 0 aliphatic rings. The molecule has 0 heterocycles. The van der Waals surface area contributed by atoms with Gasteiger partial charge in [-0.3, -0.25) is 9.59 Å². The average molecular weight is 540 g/mol. The van der Waals surface area contributed by atoms with Crippen LogP contribution in [0.5, 0.6) is 5.75 Å². The van der Waals surface area contributed by atoms with E-state index in [-0.39, 0.29) is 30.0 Å². The van der Waals surface area contributed by atoms with Crippen molar-refractivity contribution in [1.82, 2.24) is 15.5 Å². The Labute approximate surface area is 233 Å². The number of carbonyl (C=O) groups excluding carboxylic acids is 3. The summed E-state index contributed by atoms with van der Waals surface area (Å²) in [6.45, 7) is 11.7. The fourth-order valence-corrected chi connectivity index (χ4v) is 4.25. The van der Waals surface area contributed by atoms with Crippen molar-refractivity contribution in [3.05, 3.63) is 65.7 Å². The van der Waals surface area contributed by atoms with Crippen LogP contribution in [0.2, 0.25) is 0 Å². The molecule has 0 aromatic heterocycles. The van der Waals surface area contributed by atoms with Gasteiger partial charge < -0.3 is 25.4 Å². The van der Waals surface area contributed by atoms with Crippen molar-refractivity contribution in [1.29, 1.82) is 0 Å². The quantitative estimate of drug-likeness (QED) is 0.283. The normalized spacial score (nSPS) is 12.9. The Morgan fingerprint density at radius 1 is 0.974 bits per heavy atom. The van der Waals surface area contributed by atoms with Crippen LogP contribution in [0.15, 0.2) is 54.6 Å². The van der Waals surface area contributed by atoms with Crippen LogP contribution in [0.4, 0.5) is 4.79 Å². The minimum absolute atomic E-state index is 0.000897. The Morgan fingerprint density at radius 2 is 1.67 bits per heavy atom. The zero-order valence-corrected chi connectivity index (χ0v) is 24.2. The van der Waals surface area contributed by atoms with Crippen molar-refractivity contribution in [2.75, 3.05) is 6.54 Å². The monoisotopic (exact) mass is 539 g/mol. The summed E-state index contributed by atoms with van der Waals surface area (Å²) < 4.78 is 5.42. The molecule has 8 heteroatoms. The minimum atomic E-state index is -1.00. The van der Waals surface area contributed by atoms with Gasteiger partial charge in [0.1, 0.15) is 23.4 Å². The third-order valence-corrected chi connectivity index (χ3v) is 6.20. The van der Waals surface area contributed by atoms with Crippen LogP contribution >= 0.6 is 0 Å². The van der Waals surface area contributed by atoms with Gasteiger partial charge in [-0.15, -0.1) is 0 Å². The molecular formula is C31H45N3O5. The first kappa shape index (κ1) is 31.7. The predicted molar refractivity (Wildman–Crippen MR) is 153 cm³/mol. The lowest BCUT2D eigenvalue weighted by molar-refractivity contribution is -0.143. The molecule has 0 saturated carbocycles. The van der Waals surface area contributed by atoms with E-state index in [1.807, 2.05) is 44.2 Å². The molecule has 2 aromatic rings. The van der Waals surface area contributed by atoms with E-state index in [1.165, 1.54) is 17.0 Å². The van der Waals surface area contributed by atoms with Gasteiger partial charge in [0.15, 0.2) is 0 Å².